The molecule has 1 aromatic carbocycles. The third-order valence-corrected chi connectivity index (χ3v) is 4.78. The van der Waals surface area contributed by atoms with E-state index in [2.05, 4.69) is 10.2 Å². The van der Waals surface area contributed by atoms with Crippen LogP contribution >= 0.6 is 0 Å². The van der Waals surface area contributed by atoms with E-state index in [1.54, 1.807) is 18.3 Å². The van der Waals surface area contributed by atoms with Crippen LogP contribution in [0, 0.1) is 11.7 Å². The fourth-order valence-electron chi connectivity index (χ4n) is 3.41. The predicted octanol–water partition coefficient (Wildman–Crippen LogP) is 3.35. The summed E-state index contributed by atoms with van der Waals surface area (Å²) in [5.74, 6) is 0.568. The molecule has 1 N–H and O–H groups in total. The van der Waals surface area contributed by atoms with E-state index in [1.165, 1.54) is 6.07 Å². The lowest BCUT2D eigenvalue weighted by molar-refractivity contribution is -0.133. The van der Waals surface area contributed by atoms with Gasteiger partial charge < -0.3 is 4.90 Å². The number of piperidine rings is 1. The Bertz CT molecular complexity index is 656. The summed E-state index contributed by atoms with van der Waals surface area (Å²) in [6.45, 7) is 1.69. The van der Waals surface area contributed by atoms with Gasteiger partial charge in [-0.05, 0) is 61.3 Å². The number of nitrogens with zero attached hydrogens (tertiary/aromatic N) is 2. The summed E-state index contributed by atoms with van der Waals surface area (Å²) in [6, 6.07) is 6.82. The van der Waals surface area contributed by atoms with Crippen molar-refractivity contribution in [2.45, 2.75) is 38.5 Å². The number of hydrogen-bond donors (Lipinski definition) is 1. The van der Waals surface area contributed by atoms with Crippen molar-refractivity contribution in [2.75, 3.05) is 13.1 Å². The maximum Gasteiger partial charge on any atom is 0.222 e. The van der Waals surface area contributed by atoms with Crippen molar-refractivity contribution in [1.82, 2.24) is 15.1 Å². The second-order valence-electron chi connectivity index (χ2n) is 6.62. The maximum absolute atomic E-state index is 13.2. The molecule has 128 valence electrons. The zero-order chi connectivity index (χ0) is 16.8. The van der Waals surface area contributed by atoms with Crippen LogP contribution in [0.1, 0.15) is 36.8 Å². The molecule has 1 amide bonds. The molecule has 1 saturated heterocycles. The van der Waals surface area contributed by atoms with Crippen molar-refractivity contribution in [3.8, 4) is 0 Å². The summed E-state index contributed by atoms with van der Waals surface area (Å²) in [5, 5.41) is 6.68. The molecule has 1 fully saturated rings. The van der Waals surface area contributed by atoms with Crippen LogP contribution in [-0.4, -0.2) is 34.1 Å². The maximum atomic E-state index is 13.2. The van der Waals surface area contributed by atoms with Crippen LogP contribution in [-0.2, 0) is 17.6 Å². The third kappa shape index (κ3) is 4.66. The van der Waals surface area contributed by atoms with Crippen molar-refractivity contribution in [3.63, 3.8) is 0 Å². The summed E-state index contributed by atoms with van der Waals surface area (Å²) in [6.07, 6.45) is 8.98. The van der Waals surface area contributed by atoms with Gasteiger partial charge in [0.05, 0.1) is 6.20 Å². The van der Waals surface area contributed by atoms with Gasteiger partial charge in [0.15, 0.2) is 0 Å². The number of benzene rings is 1. The van der Waals surface area contributed by atoms with Gasteiger partial charge in [0.2, 0.25) is 5.91 Å². The Morgan fingerprint density at radius 1 is 1.33 bits per heavy atom. The number of aromatic nitrogens is 2. The number of hydrogen-bond acceptors (Lipinski definition) is 2. The molecule has 3 rings (SSSR count). The summed E-state index contributed by atoms with van der Waals surface area (Å²) in [7, 11) is 0. The largest absolute Gasteiger partial charge is 0.342 e. The highest BCUT2D eigenvalue weighted by Crippen LogP contribution is 2.22. The number of aryl methyl sites for hydroxylation is 2. The Balaban J connectivity index is 1.46. The molecule has 0 aliphatic carbocycles. The molecule has 4 nitrogen and oxygen atoms in total. The first-order valence-corrected chi connectivity index (χ1v) is 8.70. The minimum atomic E-state index is -0.174. The molecular formula is C19H24FN3O. The van der Waals surface area contributed by atoms with E-state index < -0.39 is 0 Å². The van der Waals surface area contributed by atoms with Gasteiger partial charge in [-0.1, -0.05) is 12.1 Å². The molecule has 2 heterocycles. The molecule has 1 aromatic heterocycles. The molecule has 0 saturated carbocycles. The van der Waals surface area contributed by atoms with Gasteiger partial charge in [-0.25, -0.2) is 4.39 Å². The second-order valence-corrected chi connectivity index (χ2v) is 6.62. The Morgan fingerprint density at radius 2 is 2.25 bits per heavy atom. The first kappa shape index (κ1) is 16.7. The number of nitrogens with one attached hydrogen (secondary N) is 1. The molecule has 5 heteroatoms. The summed E-state index contributed by atoms with van der Waals surface area (Å²) in [4.78, 5) is 14.4. The first-order valence-electron chi connectivity index (χ1n) is 8.70. The smallest absolute Gasteiger partial charge is 0.222 e. The van der Waals surface area contributed by atoms with Crippen LogP contribution in [0.2, 0.25) is 0 Å². The van der Waals surface area contributed by atoms with Crippen molar-refractivity contribution in [3.05, 3.63) is 53.6 Å². The van der Waals surface area contributed by atoms with E-state index in [4.69, 9.17) is 0 Å². The zero-order valence-electron chi connectivity index (χ0n) is 13.9. The Kier molecular flexibility index (Phi) is 5.62. The molecular weight excluding hydrogens is 305 g/mol. The Morgan fingerprint density at radius 3 is 3.04 bits per heavy atom. The van der Waals surface area contributed by atoms with Gasteiger partial charge >= 0.3 is 0 Å². The number of H-pyrrole nitrogens is 1. The normalized spacial score (nSPS) is 17.9. The van der Waals surface area contributed by atoms with Crippen molar-refractivity contribution < 1.29 is 9.18 Å². The molecule has 0 bridgehead atoms. The molecule has 0 spiro atoms. The molecule has 2 aromatic rings. The average Bonchev–Trinajstić information content (AvgIpc) is 3.12. The lowest BCUT2D eigenvalue weighted by Crippen LogP contribution is -2.40. The minimum Gasteiger partial charge on any atom is -0.342 e. The van der Waals surface area contributed by atoms with E-state index in [-0.39, 0.29) is 11.7 Å². The standard InChI is InChI=1S/C19H24FN3O/c20-18-5-1-3-15(11-18)6-7-16-4-2-10-23(14-16)19(24)9-8-17-12-21-22-13-17/h1,3,5,11-13,16H,2,4,6-10,14H2,(H,21,22)/t16-/m0/s1. The molecule has 0 radical (unpaired) electrons. The van der Waals surface area contributed by atoms with Gasteiger partial charge in [0.25, 0.3) is 0 Å². The average molecular weight is 329 g/mol. The number of carbonyl (C=O) groups excluding carboxylic acids is 1. The molecule has 1 atom stereocenters. The van der Waals surface area contributed by atoms with Crippen molar-refractivity contribution in [1.29, 1.82) is 0 Å². The summed E-state index contributed by atoms with van der Waals surface area (Å²) in [5.41, 5.74) is 2.11. The van der Waals surface area contributed by atoms with Crippen LogP contribution in [0.3, 0.4) is 0 Å². The zero-order valence-corrected chi connectivity index (χ0v) is 13.9. The van der Waals surface area contributed by atoms with Crippen LogP contribution in [0.5, 0.6) is 0 Å². The minimum absolute atomic E-state index is 0.174. The lowest BCUT2D eigenvalue weighted by Gasteiger charge is -2.33. The topological polar surface area (TPSA) is 49.0 Å². The van der Waals surface area contributed by atoms with Crippen LogP contribution in [0.25, 0.3) is 0 Å². The van der Waals surface area contributed by atoms with E-state index >= 15 is 0 Å². The van der Waals surface area contributed by atoms with Gasteiger partial charge in [0, 0.05) is 25.7 Å². The number of aromatic amines is 1. The van der Waals surface area contributed by atoms with Crippen LogP contribution < -0.4 is 0 Å². The van der Waals surface area contributed by atoms with E-state index in [1.807, 2.05) is 17.2 Å². The number of carbonyl (C=O) groups is 1. The molecule has 0 unspecified atom stereocenters. The van der Waals surface area contributed by atoms with E-state index in [0.717, 1.165) is 56.3 Å². The van der Waals surface area contributed by atoms with Crippen molar-refractivity contribution >= 4 is 5.91 Å². The summed E-state index contributed by atoms with van der Waals surface area (Å²) >= 11 is 0. The highest BCUT2D eigenvalue weighted by atomic mass is 19.1. The highest BCUT2D eigenvalue weighted by molar-refractivity contribution is 5.76. The van der Waals surface area contributed by atoms with Gasteiger partial charge in [-0.15, -0.1) is 0 Å². The quantitative estimate of drug-likeness (QED) is 0.883. The van der Waals surface area contributed by atoms with Crippen molar-refractivity contribution in [2.24, 2.45) is 5.92 Å². The SMILES string of the molecule is O=C(CCc1cn[nH]c1)N1CCC[C@@H](CCc2cccc(F)c2)C1. The van der Waals surface area contributed by atoms with E-state index in [9.17, 15) is 9.18 Å². The highest BCUT2D eigenvalue weighted by Gasteiger charge is 2.23. The van der Waals surface area contributed by atoms with E-state index in [0.29, 0.717) is 12.3 Å². The predicted molar refractivity (Wildman–Crippen MR) is 90.9 cm³/mol. The number of halogens is 1. The van der Waals surface area contributed by atoms with Crippen LogP contribution in [0.4, 0.5) is 4.39 Å². The van der Waals surface area contributed by atoms with Gasteiger partial charge in [0.1, 0.15) is 5.82 Å². The second kappa shape index (κ2) is 8.08. The van der Waals surface area contributed by atoms with Gasteiger partial charge in [-0.2, -0.15) is 5.10 Å². The summed E-state index contributed by atoms with van der Waals surface area (Å²) < 4.78 is 13.2. The third-order valence-electron chi connectivity index (χ3n) is 4.78. The van der Waals surface area contributed by atoms with Crippen LogP contribution in [0.15, 0.2) is 36.7 Å². The molecule has 1 aliphatic heterocycles. The number of rotatable bonds is 6. The Labute approximate surface area is 142 Å². The fraction of sp³-hybridized carbons (Fsp3) is 0.474. The lowest BCUT2D eigenvalue weighted by atomic mass is 9.91. The molecule has 24 heavy (non-hydrogen) atoms. The monoisotopic (exact) mass is 329 g/mol. The fourth-order valence-corrected chi connectivity index (χ4v) is 3.41. The van der Waals surface area contributed by atoms with Gasteiger partial charge in [-0.3, -0.25) is 9.89 Å². The number of amides is 1. The molecule has 1 aliphatic rings. The Hall–Kier alpha value is -2.17. The first-order chi connectivity index (χ1) is 11.7. The number of likely N-dealkylation sites (tertiary alicyclic amines) is 1.